The highest BCUT2D eigenvalue weighted by Gasteiger charge is 2.15. The Labute approximate surface area is 93.2 Å². The van der Waals surface area contributed by atoms with Gasteiger partial charge in [0.05, 0.1) is 17.3 Å². The number of nitrogens with zero attached hydrogens (tertiary/aromatic N) is 1. The van der Waals surface area contributed by atoms with Crippen LogP contribution in [-0.4, -0.2) is 17.2 Å². The number of pyridine rings is 1. The van der Waals surface area contributed by atoms with E-state index >= 15 is 0 Å². The van der Waals surface area contributed by atoms with Gasteiger partial charge < -0.3 is 9.84 Å². The summed E-state index contributed by atoms with van der Waals surface area (Å²) >= 11 is 1.89. The molecule has 1 heterocycles. The Hall–Kier alpha value is -0.500. The fraction of sp³-hybridized carbons (Fsp3) is 0.375. The largest absolute Gasteiger partial charge is 0.480 e. The van der Waals surface area contributed by atoms with Crippen LogP contribution in [-0.2, 0) is 6.61 Å². The van der Waals surface area contributed by atoms with E-state index in [0.717, 1.165) is 0 Å². The third kappa shape index (κ3) is 2.30. The van der Waals surface area contributed by atoms with Gasteiger partial charge in [-0.2, -0.15) is 0 Å². The van der Waals surface area contributed by atoms with Crippen LogP contribution in [0.1, 0.15) is 17.7 Å². The van der Waals surface area contributed by atoms with E-state index in [1.807, 2.05) is 22.6 Å². The van der Waals surface area contributed by atoms with E-state index in [2.05, 4.69) is 4.98 Å². The Morgan fingerprint density at radius 3 is 2.71 bits per heavy atom. The summed E-state index contributed by atoms with van der Waals surface area (Å²) in [6.45, 7) is -0.309. The quantitative estimate of drug-likeness (QED) is 0.869. The minimum Gasteiger partial charge on any atom is -0.480 e. The van der Waals surface area contributed by atoms with Crippen LogP contribution in [0, 0.1) is 3.57 Å². The highest BCUT2D eigenvalue weighted by atomic mass is 127. The zero-order chi connectivity index (χ0) is 10.7. The van der Waals surface area contributed by atoms with Crippen molar-refractivity contribution in [1.82, 2.24) is 4.98 Å². The second-order valence-electron chi connectivity index (χ2n) is 2.49. The molecule has 14 heavy (non-hydrogen) atoms. The van der Waals surface area contributed by atoms with E-state index in [-0.39, 0.29) is 18.2 Å². The first kappa shape index (κ1) is 11.6. The summed E-state index contributed by atoms with van der Waals surface area (Å²) in [4.78, 5) is 3.61. The molecule has 0 amide bonds. The van der Waals surface area contributed by atoms with Gasteiger partial charge in [0.15, 0.2) is 0 Å². The lowest BCUT2D eigenvalue weighted by Gasteiger charge is -2.08. The number of hydrogen-bond donors (Lipinski definition) is 1. The van der Waals surface area contributed by atoms with Crippen molar-refractivity contribution in [2.24, 2.45) is 0 Å². The van der Waals surface area contributed by atoms with Gasteiger partial charge in [-0.05, 0) is 34.2 Å². The van der Waals surface area contributed by atoms with E-state index in [4.69, 9.17) is 9.84 Å². The van der Waals surface area contributed by atoms with Crippen molar-refractivity contribution < 1.29 is 18.6 Å². The van der Waals surface area contributed by atoms with Crippen molar-refractivity contribution in [1.29, 1.82) is 0 Å². The Balaban J connectivity index is 3.25. The molecule has 0 aromatic carbocycles. The molecule has 0 aliphatic carbocycles. The molecule has 0 bridgehead atoms. The lowest BCUT2D eigenvalue weighted by Crippen LogP contribution is -2.01. The van der Waals surface area contributed by atoms with Crippen LogP contribution in [0.5, 0.6) is 5.88 Å². The molecule has 78 valence electrons. The van der Waals surface area contributed by atoms with Crippen LogP contribution in [0.3, 0.4) is 0 Å². The molecule has 3 nitrogen and oxygen atoms in total. The van der Waals surface area contributed by atoms with Gasteiger partial charge in [0.1, 0.15) is 5.69 Å². The first-order chi connectivity index (χ1) is 6.60. The summed E-state index contributed by atoms with van der Waals surface area (Å²) in [5, 5.41) is 8.91. The number of methoxy groups -OCH3 is 1. The fourth-order valence-corrected chi connectivity index (χ4v) is 1.61. The summed E-state index contributed by atoms with van der Waals surface area (Å²) < 4.78 is 30.0. The molecule has 1 N–H and O–H groups in total. The molecule has 1 aromatic heterocycles. The molecule has 0 radical (unpaired) electrons. The average molecular weight is 315 g/mol. The standard InChI is InChI=1S/C8H8F2INO2/c1-14-8-6(11)4(3-13)2-5(12-8)7(9)10/h2,7,13H,3H2,1H3. The van der Waals surface area contributed by atoms with Gasteiger partial charge in [0.2, 0.25) is 5.88 Å². The number of hydrogen-bond acceptors (Lipinski definition) is 3. The minimum atomic E-state index is -2.66. The van der Waals surface area contributed by atoms with Gasteiger partial charge in [-0.1, -0.05) is 0 Å². The SMILES string of the molecule is COc1nc(C(F)F)cc(CO)c1I. The fourth-order valence-electron chi connectivity index (χ4n) is 0.940. The van der Waals surface area contributed by atoms with Gasteiger partial charge in [0.25, 0.3) is 6.43 Å². The van der Waals surface area contributed by atoms with E-state index in [9.17, 15) is 8.78 Å². The highest BCUT2D eigenvalue weighted by molar-refractivity contribution is 14.1. The molecule has 0 atom stereocenters. The summed E-state index contributed by atoms with van der Waals surface area (Å²) in [7, 11) is 1.35. The molecular formula is C8H8F2INO2. The Morgan fingerprint density at radius 1 is 1.64 bits per heavy atom. The van der Waals surface area contributed by atoms with Crippen molar-refractivity contribution >= 4 is 22.6 Å². The molecule has 0 fully saturated rings. The molecule has 0 unspecified atom stereocenters. The average Bonchev–Trinajstić information content (AvgIpc) is 2.17. The zero-order valence-corrected chi connectivity index (χ0v) is 9.46. The van der Waals surface area contributed by atoms with E-state index in [0.29, 0.717) is 9.13 Å². The second-order valence-corrected chi connectivity index (χ2v) is 3.57. The molecule has 0 spiro atoms. The number of aliphatic hydroxyl groups excluding tert-OH is 1. The first-order valence-electron chi connectivity index (χ1n) is 3.72. The summed E-state index contributed by atoms with van der Waals surface area (Å²) in [5.41, 5.74) is 0.0130. The van der Waals surface area contributed by atoms with Crippen LogP contribution < -0.4 is 4.74 Å². The molecule has 0 aliphatic heterocycles. The molecule has 1 rings (SSSR count). The lowest BCUT2D eigenvalue weighted by atomic mass is 10.2. The van der Waals surface area contributed by atoms with Crippen molar-refractivity contribution in [3.8, 4) is 5.88 Å². The maximum Gasteiger partial charge on any atom is 0.280 e. The molecule has 1 aromatic rings. The van der Waals surface area contributed by atoms with E-state index in [1.165, 1.54) is 13.2 Å². The van der Waals surface area contributed by atoms with Crippen molar-refractivity contribution in [2.45, 2.75) is 13.0 Å². The van der Waals surface area contributed by atoms with Gasteiger partial charge >= 0.3 is 0 Å². The number of ether oxygens (including phenoxy) is 1. The van der Waals surface area contributed by atoms with Crippen molar-refractivity contribution in [3.05, 3.63) is 20.9 Å². The summed E-state index contributed by atoms with van der Waals surface area (Å²) in [6, 6.07) is 1.18. The van der Waals surface area contributed by atoms with Crippen LogP contribution in [0.25, 0.3) is 0 Å². The monoisotopic (exact) mass is 315 g/mol. The molecular weight excluding hydrogens is 307 g/mol. The number of aromatic nitrogens is 1. The topological polar surface area (TPSA) is 42.4 Å². The minimum absolute atomic E-state index is 0.118. The van der Waals surface area contributed by atoms with Crippen LogP contribution in [0.15, 0.2) is 6.07 Å². The Kier molecular flexibility index (Phi) is 3.99. The number of aliphatic hydroxyl groups is 1. The Morgan fingerprint density at radius 2 is 2.29 bits per heavy atom. The van der Waals surface area contributed by atoms with Gasteiger partial charge in [0, 0.05) is 0 Å². The van der Waals surface area contributed by atoms with E-state index in [1.54, 1.807) is 0 Å². The lowest BCUT2D eigenvalue weighted by molar-refractivity contribution is 0.144. The second kappa shape index (κ2) is 4.83. The maximum atomic E-state index is 12.3. The zero-order valence-electron chi connectivity index (χ0n) is 7.30. The third-order valence-electron chi connectivity index (χ3n) is 1.61. The first-order valence-corrected chi connectivity index (χ1v) is 4.80. The molecule has 0 aliphatic rings. The van der Waals surface area contributed by atoms with Crippen LogP contribution >= 0.6 is 22.6 Å². The number of alkyl halides is 2. The van der Waals surface area contributed by atoms with Crippen LogP contribution in [0.4, 0.5) is 8.78 Å². The highest BCUT2D eigenvalue weighted by Crippen LogP contribution is 2.27. The van der Waals surface area contributed by atoms with Gasteiger partial charge in [-0.3, -0.25) is 0 Å². The molecule has 0 saturated carbocycles. The van der Waals surface area contributed by atoms with Crippen molar-refractivity contribution in [2.75, 3.05) is 7.11 Å². The maximum absolute atomic E-state index is 12.3. The summed E-state index contributed by atoms with van der Waals surface area (Å²) in [6.07, 6.45) is -2.66. The third-order valence-corrected chi connectivity index (χ3v) is 2.76. The predicted octanol–water partition coefficient (Wildman–Crippen LogP) is 2.12. The van der Waals surface area contributed by atoms with Crippen LogP contribution in [0.2, 0.25) is 0 Å². The number of halogens is 3. The normalized spacial score (nSPS) is 10.7. The molecule has 6 heteroatoms. The predicted molar refractivity (Wildman–Crippen MR) is 54.4 cm³/mol. The van der Waals surface area contributed by atoms with Gasteiger partial charge in [-0.15, -0.1) is 0 Å². The van der Waals surface area contributed by atoms with E-state index < -0.39 is 6.43 Å². The Bertz CT molecular complexity index is 308. The number of rotatable bonds is 3. The smallest absolute Gasteiger partial charge is 0.280 e. The van der Waals surface area contributed by atoms with Gasteiger partial charge in [-0.25, -0.2) is 13.8 Å². The molecule has 0 saturated heterocycles. The summed E-state index contributed by atoms with van der Waals surface area (Å²) in [5.74, 6) is 0.118. The van der Waals surface area contributed by atoms with Crippen molar-refractivity contribution in [3.63, 3.8) is 0 Å².